The first-order valence-corrected chi connectivity index (χ1v) is 21.1. The Hall–Kier alpha value is -4.83. The number of benzene rings is 4. The van der Waals surface area contributed by atoms with Crippen LogP contribution < -0.4 is 24.7 Å². The number of rotatable bonds is 8. The van der Waals surface area contributed by atoms with E-state index in [1.165, 1.54) is 18.1 Å². The molecule has 3 saturated heterocycles. The van der Waals surface area contributed by atoms with Crippen LogP contribution in [-0.2, 0) is 29.3 Å². The van der Waals surface area contributed by atoms with Gasteiger partial charge >= 0.3 is 0 Å². The molecule has 0 unspecified atom stereocenters. The Labute approximate surface area is 364 Å². The zero-order chi connectivity index (χ0) is 41.3. The van der Waals surface area contributed by atoms with E-state index >= 15 is 9.59 Å². The van der Waals surface area contributed by atoms with Crippen molar-refractivity contribution >= 4 is 86.5 Å². The third-order valence-corrected chi connectivity index (χ3v) is 14.0. The monoisotopic (exact) mass is 948 g/mol. The topological polar surface area (TPSA) is 138 Å². The molecule has 1 saturated carbocycles. The number of halogens is 3. The van der Waals surface area contributed by atoms with Gasteiger partial charge in [0.25, 0.3) is 11.8 Å². The number of hydrogen-bond donors (Lipinski definition) is 2. The lowest BCUT2D eigenvalue weighted by molar-refractivity contribution is -0.138. The second-order valence-corrected chi connectivity index (χ2v) is 17.4. The molecule has 9 rings (SSSR count). The molecular formula is C44H39Cl2IN4O8. The van der Waals surface area contributed by atoms with Crippen LogP contribution in [0.25, 0.3) is 0 Å². The number of aromatic hydroxyl groups is 1. The molecular weight excluding hydrogens is 910 g/mol. The Kier molecular flexibility index (Phi) is 10.3. The first kappa shape index (κ1) is 39.6. The third-order valence-electron chi connectivity index (χ3n) is 12.7. The van der Waals surface area contributed by atoms with Gasteiger partial charge in [-0.2, -0.15) is 5.01 Å². The van der Waals surface area contributed by atoms with Gasteiger partial charge in [-0.05, 0) is 119 Å². The van der Waals surface area contributed by atoms with Crippen molar-refractivity contribution < 1.29 is 38.5 Å². The summed E-state index contributed by atoms with van der Waals surface area (Å²) < 4.78 is 17.1. The lowest BCUT2D eigenvalue weighted by Crippen LogP contribution is -2.53. The maximum Gasteiger partial charge on any atom is 0.260 e. The van der Waals surface area contributed by atoms with Gasteiger partial charge in [-0.3, -0.25) is 29.5 Å². The zero-order valence-electron chi connectivity index (χ0n) is 32.0. The van der Waals surface area contributed by atoms with E-state index in [1.54, 1.807) is 67.8 Å². The summed E-state index contributed by atoms with van der Waals surface area (Å²) in [6, 6.07) is 22.7. The molecule has 4 amide bonds. The summed E-state index contributed by atoms with van der Waals surface area (Å²) >= 11 is 14.8. The molecule has 4 fully saturated rings. The van der Waals surface area contributed by atoms with E-state index in [1.807, 2.05) is 40.8 Å². The standard InChI is InChI=1S/C44H39Cl2IN4O8/c1-57-28-10-3-24(4-11-28)44-32(41(54)51(43(44)56)48-35-14-5-25(45)21-33(35)46)22-31-29(38(44)23-19-34(47)39(52)36(20-23)58-2)12-13-30-37(31)42(55)50(40(30)53)27-8-6-26(7-9-27)49-15-17-59-18-16-49/h3-12,14,19-21,30-32,37-38,48,52H,13,15-18,22H2,1-2H3/t30-,31+,32-,37-,38-,44+/m0/s1. The van der Waals surface area contributed by atoms with E-state index < -0.39 is 46.8 Å². The number of allylic oxidation sites excluding steroid dienone is 2. The number of imide groups is 2. The quantitative estimate of drug-likeness (QED) is 0.105. The molecule has 12 nitrogen and oxygen atoms in total. The number of phenols is 1. The Morgan fingerprint density at radius 1 is 0.847 bits per heavy atom. The Morgan fingerprint density at radius 3 is 2.24 bits per heavy atom. The maximum atomic E-state index is 15.6. The summed E-state index contributed by atoms with van der Waals surface area (Å²) in [6.07, 6.45) is 2.34. The van der Waals surface area contributed by atoms with Crippen LogP contribution in [0.1, 0.15) is 29.9 Å². The van der Waals surface area contributed by atoms with Crippen LogP contribution in [0.2, 0.25) is 10.0 Å². The van der Waals surface area contributed by atoms with Crippen molar-refractivity contribution in [2.75, 3.05) is 55.7 Å². The highest BCUT2D eigenvalue weighted by Gasteiger charge is 2.70. The minimum atomic E-state index is -1.57. The minimum absolute atomic E-state index is 0.0710. The van der Waals surface area contributed by atoms with Crippen molar-refractivity contribution in [2.45, 2.75) is 24.2 Å². The molecule has 6 atom stereocenters. The molecule has 0 aromatic heterocycles. The normalized spacial score (nSPS) is 26.4. The molecule has 3 heterocycles. The highest BCUT2D eigenvalue weighted by molar-refractivity contribution is 14.1. The number of fused-ring (bicyclic) bond motifs is 4. The minimum Gasteiger partial charge on any atom is -0.504 e. The smallest absolute Gasteiger partial charge is 0.260 e. The van der Waals surface area contributed by atoms with Crippen LogP contribution in [0.15, 0.2) is 90.5 Å². The number of ether oxygens (including phenoxy) is 3. The number of carbonyl (C=O) groups is 4. The molecule has 304 valence electrons. The number of methoxy groups -OCH3 is 2. The SMILES string of the molecule is COc1ccc([C@@]23C(=O)N(Nc4ccc(Cl)cc4Cl)C(=O)[C@@H]2C[C@@H]2C(=CC[C@@H]4C(=O)N(c5ccc(N6CCOCC6)cc5)C(=O)[C@@H]42)[C@@H]3c2cc(I)c(O)c(OC)c2)cc1. The van der Waals surface area contributed by atoms with Crippen molar-refractivity contribution in [1.29, 1.82) is 0 Å². The first-order valence-electron chi connectivity index (χ1n) is 19.3. The second-order valence-electron chi connectivity index (χ2n) is 15.4. The Balaban J connectivity index is 1.19. The van der Waals surface area contributed by atoms with Crippen LogP contribution in [0.3, 0.4) is 0 Å². The third kappa shape index (κ3) is 6.26. The van der Waals surface area contributed by atoms with Crippen molar-refractivity contribution in [1.82, 2.24) is 5.01 Å². The van der Waals surface area contributed by atoms with E-state index in [9.17, 15) is 14.7 Å². The molecule has 59 heavy (non-hydrogen) atoms. The Bertz CT molecular complexity index is 2420. The van der Waals surface area contributed by atoms with Gasteiger partial charge in [-0.15, -0.1) is 0 Å². The van der Waals surface area contributed by atoms with Crippen molar-refractivity contribution in [3.63, 3.8) is 0 Å². The molecule has 0 bridgehead atoms. The van der Waals surface area contributed by atoms with Gasteiger partial charge in [-0.25, -0.2) is 0 Å². The van der Waals surface area contributed by atoms with E-state index in [0.29, 0.717) is 50.1 Å². The van der Waals surface area contributed by atoms with E-state index in [4.69, 9.17) is 37.4 Å². The van der Waals surface area contributed by atoms with Crippen molar-refractivity contribution in [2.24, 2.45) is 23.7 Å². The van der Waals surface area contributed by atoms with Gasteiger partial charge in [0.05, 0.1) is 70.6 Å². The Morgan fingerprint density at radius 2 is 1.56 bits per heavy atom. The predicted molar refractivity (Wildman–Crippen MR) is 230 cm³/mol. The number of nitrogens with zero attached hydrogens (tertiary/aromatic N) is 3. The fourth-order valence-electron chi connectivity index (χ4n) is 10.0. The highest BCUT2D eigenvalue weighted by atomic mass is 127. The average Bonchev–Trinajstić information content (AvgIpc) is 3.63. The van der Waals surface area contributed by atoms with Crippen LogP contribution in [0.5, 0.6) is 17.2 Å². The molecule has 2 N–H and O–H groups in total. The number of anilines is 3. The molecule has 15 heteroatoms. The number of hydrogen-bond acceptors (Lipinski definition) is 10. The largest absolute Gasteiger partial charge is 0.504 e. The van der Waals surface area contributed by atoms with Gasteiger partial charge in [-0.1, -0.05) is 47.0 Å². The lowest BCUT2D eigenvalue weighted by atomic mass is 9.49. The second kappa shape index (κ2) is 15.3. The average molecular weight is 950 g/mol. The summed E-state index contributed by atoms with van der Waals surface area (Å²) in [7, 11) is 2.99. The number of carbonyl (C=O) groups excluding carboxylic acids is 4. The number of nitrogens with one attached hydrogen (secondary N) is 1. The van der Waals surface area contributed by atoms with E-state index in [-0.39, 0.29) is 41.2 Å². The van der Waals surface area contributed by atoms with Crippen molar-refractivity contribution in [3.8, 4) is 17.2 Å². The summed E-state index contributed by atoms with van der Waals surface area (Å²) in [5.74, 6) is -4.97. The predicted octanol–water partition coefficient (Wildman–Crippen LogP) is 7.35. The van der Waals surface area contributed by atoms with E-state index in [2.05, 4.69) is 10.3 Å². The first-order chi connectivity index (χ1) is 28.5. The summed E-state index contributed by atoms with van der Waals surface area (Å²) in [5, 5.41) is 12.6. The number of hydrazine groups is 1. The highest BCUT2D eigenvalue weighted by Crippen LogP contribution is 2.65. The fraction of sp³-hybridized carbons (Fsp3) is 0.318. The summed E-state index contributed by atoms with van der Waals surface area (Å²) in [4.78, 5) is 63.4. The van der Waals surface area contributed by atoms with Crippen LogP contribution in [0, 0.1) is 27.2 Å². The van der Waals surface area contributed by atoms with Gasteiger partial charge in [0.2, 0.25) is 11.8 Å². The maximum absolute atomic E-state index is 15.6. The molecule has 4 aromatic carbocycles. The number of morpholine rings is 1. The number of phenolic OH excluding ortho intramolecular Hbond substituents is 1. The van der Waals surface area contributed by atoms with Gasteiger partial charge < -0.3 is 24.2 Å². The molecule has 0 radical (unpaired) electrons. The van der Waals surface area contributed by atoms with Gasteiger partial charge in [0, 0.05) is 29.7 Å². The summed E-state index contributed by atoms with van der Waals surface area (Å²) in [6.45, 7) is 2.74. The number of amides is 4. The molecule has 5 aliphatic rings. The lowest BCUT2D eigenvalue weighted by Gasteiger charge is -2.50. The molecule has 4 aromatic rings. The van der Waals surface area contributed by atoms with E-state index in [0.717, 1.165) is 29.4 Å². The van der Waals surface area contributed by atoms with Crippen LogP contribution in [-0.4, -0.2) is 74.3 Å². The van der Waals surface area contributed by atoms with Gasteiger partial charge in [0.15, 0.2) is 11.5 Å². The molecule has 3 aliphatic heterocycles. The zero-order valence-corrected chi connectivity index (χ0v) is 35.7. The molecule has 2 aliphatic carbocycles. The summed E-state index contributed by atoms with van der Waals surface area (Å²) in [5.41, 5.74) is 5.11. The van der Waals surface area contributed by atoms with Crippen molar-refractivity contribution in [3.05, 3.63) is 115 Å². The molecule has 0 spiro atoms. The van der Waals surface area contributed by atoms with Crippen LogP contribution >= 0.6 is 45.8 Å². The fourth-order valence-corrected chi connectivity index (χ4v) is 11.1. The van der Waals surface area contributed by atoms with Crippen LogP contribution in [0.4, 0.5) is 17.1 Å². The van der Waals surface area contributed by atoms with Gasteiger partial charge in [0.1, 0.15) is 5.75 Å².